The first kappa shape index (κ1) is 25.3. The molecule has 0 spiro atoms. The van der Waals surface area contributed by atoms with Crippen LogP contribution >= 0.6 is 11.8 Å². The fraction of sp³-hybridized carbons (Fsp3) is 0.417. The van der Waals surface area contributed by atoms with Crippen LogP contribution in [0.2, 0.25) is 0 Å². The number of nitrogens with zero attached hydrogens (tertiary/aromatic N) is 2. The van der Waals surface area contributed by atoms with Crippen molar-refractivity contribution in [1.29, 1.82) is 0 Å². The van der Waals surface area contributed by atoms with Crippen LogP contribution in [-0.2, 0) is 14.8 Å². The molecule has 1 aliphatic rings. The Labute approximate surface area is 200 Å². The number of para-hydroxylation sites is 1. The van der Waals surface area contributed by atoms with Gasteiger partial charge in [0.1, 0.15) is 0 Å². The highest BCUT2D eigenvalue weighted by atomic mass is 32.2. The SMILES string of the molecule is Cc1cc(C)c(S(=O)(=O)N2CCC(C(=O)Nc3ccccc3SC(=O)N(C)C)CC2)c(C)c1. The van der Waals surface area contributed by atoms with Crippen molar-refractivity contribution in [1.82, 2.24) is 9.21 Å². The van der Waals surface area contributed by atoms with Crippen LogP contribution in [0.15, 0.2) is 46.2 Å². The summed E-state index contributed by atoms with van der Waals surface area (Å²) in [7, 11) is -0.263. The number of sulfonamides is 1. The molecule has 7 nitrogen and oxygen atoms in total. The molecule has 0 aliphatic carbocycles. The van der Waals surface area contributed by atoms with E-state index in [9.17, 15) is 18.0 Å². The summed E-state index contributed by atoms with van der Waals surface area (Å²) in [5, 5.41) is 2.81. The van der Waals surface area contributed by atoms with Gasteiger partial charge in [-0.3, -0.25) is 9.59 Å². The smallest absolute Gasteiger partial charge is 0.286 e. The maximum Gasteiger partial charge on any atom is 0.286 e. The standard InChI is InChI=1S/C24H31N3O4S2/c1-16-14-17(2)22(18(3)15-16)33(30,31)27-12-10-19(11-13-27)23(28)25-20-8-6-7-9-21(20)32-24(29)26(4)5/h6-9,14-15,19H,10-13H2,1-5H3,(H,25,28). The van der Waals surface area contributed by atoms with E-state index in [1.807, 2.05) is 39.0 Å². The lowest BCUT2D eigenvalue weighted by Crippen LogP contribution is -2.41. The van der Waals surface area contributed by atoms with E-state index in [2.05, 4.69) is 5.32 Å². The molecule has 0 atom stereocenters. The lowest BCUT2D eigenvalue weighted by atomic mass is 9.97. The molecule has 0 bridgehead atoms. The molecule has 2 aromatic carbocycles. The van der Waals surface area contributed by atoms with Crippen molar-refractivity contribution in [3.63, 3.8) is 0 Å². The number of hydrogen-bond donors (Lipinski definition) is 1. The van der Waals surface area contributed by atoms with Crippen molar-refractivity contribution in [3.8, 4) is 0 Å². The second-order valence-electron chi connectivity index (χ2n) is 8.65. The lowest BCUT2D eigenvalue weighted by molar-refractivity contribution is -0.120. The Morgan fingerprint density at radius 1 is 1.03 bits per heavy atom. The van der Waals surface area contributed by atoms with E-state index in [0.29, 0.717) is 41.4 Å². The average Bonchev–Trinajstić information content (AvgIpc) is 2.74. The number of benzene rings is 2. The Hall–Kier alpha value is -2.36. The van der Waals surface area contributed by atoms with Crippen molar-refractivity contribution in [2.45, 2.75) is 43.4 Å². The van der Waals surface area contributed by atoms with Crippen molar-refractivity contribution in [2.75, 3.05) is 32.5 Å². The second-order valence-corrected chi connectivity index (χ2v) is 11.5. The Bertz CT molecular complexity index is 1130. The van der Waals surface area contributed by atoms with Crippen LogP contribution in [0.4, 0.5) is 10.5 Å². The van der Waals surface area contributed by atoms with Crippen LogP contribution in [0.5, 0.6) is 0 Å². The summed E-state index contributed by atoms with van der Waals surface area (Å²) in [5.41, 5.74) is 3.11. The molecule has 0 radical (unpaired) electrons. The van der Waals surface area contributed by atoms with Crippen LogP contribution in [0.25, 0.3) is 0 Å². The van der Waals surface area contributed by atoms with Gasteiger partial charge in [-0.05, 0) is 68.6 Å². The van der Waals surface area contributed by atoms with Crippen molar-refractivity contribution in [2.24, 2.45) is 5.92 Å². The van der Waals surface area contributed by atoms with Crippen LogP contribution in [0, 0.1) is 26.7 Å². The van der Waals surface area contributed by atoms with Gasteiger partial charge in [-0.25, -0.2) is 8.42 Å². The highest BCUT2D eigenvalue weighted by molar-refractivity contribution is 8.13. The lowest BCUT2D eigenvalue weighted by Gasteiger charge is -2.31. The topological polar surface area (TPSA) is 86.8 Å². The summed E-state index contributed by atoms with van der Waals surface area (Å²) < 4.78 is 28.1. The van der Waals surface area contributed by atoms with Crippen LogP contribution in [0.1, 0.15) is 29.5 Å². The highest BCUT2D eigenvalue weighted by Gasteiger charge is 2.34. The number of anilines is 1. The molecule has 3 rings (SSSR count). The number of carbonyl (C=O) groups is 2. The van der Waals surface area contributed by atoms with Crippen molar-refractivity contribution >= 4 is 38.6 Å². The van der Waals surface area contributed by atoms with Gasteiger partial charge in [-0.2, -0.15) is 4.31 Å². The quantitative estimate of drug-likeness (QED) is 0.628. The molecular weight excluding hydrogens is 458 g/mol. The normalized spacial score (nSPS) is 15.3. The molecular formula is C24H31N3O4S2. The Balaban J connectivity index is 1.67. The third-order valence-electron chi connectivity index (χ3n) is 5.73. The maximum atomic E-state index is 13.3. The number of carbonyl (C=O) groups excluding carboxylic acids is 2. The molecule has 9 heteroatoms. The molecule has 0 aromatic heterocycles. The summed E-state index contributed by atoms with van der Waals surface area (Å²) in [6, 6.07) is 11.0. The summed E-state index contributed by atoms with van der Waals surface area (Å²) in [6.45, 7) is 6.19. The summed E-state index contributed by atoms with van der Waals surface area (Å²) >= 11 is 1.06. The summed E-state index contributed by atoms with van der Waals surface area (Å²) in [5.74, 6) is -0.445. The molecule has 178 valence electrons. The largest absolute Gasteiger partial charge is 0.339 e. The fourth-order valence-corrected chi connectivity index (χ4v) is 6.77. The first-order valence-electron chi connectivity index (χ1n) is 10.9. The van der Waals surface area contributed by atoms with E-state index in [1.165, 1.54) is 9.21 Å². The molecule has 1 N–H and O–H groups in total. The summed E-state index contributed by atoms with van der Waals surface area (Å²) in [4.78, 5) is 27.5. The molecule has 2 aromatic rings. The van der Waals surface area contributed by atoms with Gasteiger partial charge in [0.25, 0.3) is 5.24 Å². The average molecular weight is 490 g/mol. The fourth-order valence-electron chi connectivity index (χ4n) is 4.14. The highest BCUT2D eigenvalue weighted by Crippen LogP contribution is 2.31. The molecule has 2 amide bonds. The zero-order valence-corrected chi connectivity index (χ0v) is 21.3. The van der Waals surface area contributed by atoms with Crippen LogP contribution in [-0.4, -0.2) is 56.0 Å². The van der Waals surface area contributed by atoms with Gasteiger partial charge in [0.2, 0.25) is 15.9 Å². The second kappa shape index (κ2) is 10.3. The van der Waals surface area contributed by atoms with Gasteiger partial charge in [0.05, 0.1) is 10.6 Å². The van der Waals surface area contributed by atoms with E-state index in [0.717, 1.165) is 28.5 Å². The van der Waals surface area contributed by atoms with Gasteiger partial charge < -0.3 is 10.2 Å². The number of rotatable bonds is 5. The van der Waals surface area contributed by atoms with E-state index in [-0.39, 0.29) is 17.1 Å². The van der Waals surface area contributed by atoms with E-state index in [4.69, 9.17) is 0 Å². The molecule has 1 fully saturated rings. The zero-order valence-electron chi connectivity index (χ0n) is 19.7. The number of hydrogen-bond acceptors (Lipinski definition) is 5. The molecule has 1 saturated heterocycles. The number of piperidine rings is 1. The zero-order chi connectivity index (χ0) is 24.3. The molecule has 0 saturated carbocycles. The van der Waals surface area contributed by atoms with Gasteiger partial charge in [-0.15, -0.1) is 0 Å². The molecule has 0 unspecified atom stereocenters. The number of amides is 2. The first-order chi connectivity index (χ1) is 15.5. The van der Waals surface area contributed by atoms with E-state index in [1.54, 1.807) is 32.3 Å². The van der Waals surface area contributed by atoms with Gasteiger partial charge in [0.15, 0.2) is 0 Å². The van der Waals surface area contributed by atoms with E-state index >= 15 is 0 Å². The number of aryl methyl sites for hydroxylation is 3. The van der Waals surface area contributed by atoms with E-state index < -0.39 is 10.0 Å². The van der Waals surface area contributed by atoms with Crippen LogP contribution in [0.3, 0.4) is 0 Å². The van der Waals surface area contributed by atoms with Gasteiger partial charge >= 0.3 is 0 Å². The minimum atomic E-state index is -3.62. The van der Waals surface area contributed by atoms with Gasteiger partial charge in [0, 0.05) is 38.0 Å². The molecule has 1 heterocycles. The first-order valence-corrected chi connectivity index (χ1v) is 13.1. The predicted octanol–water partition coefficient (Wildman–Crippen LogP) is 4.42. The number of thioether (sulfide) groups is 1. The molecule has 1 aliphatic heterocycles. The Morgan fingerprint density at radius 2 is 1.61 bits per heavy atom. The minimum absolute atomic E-state index is 0.128. The van der Waals surface area contributed by atoms with Gasteiger partial charge in [-0.1, -0.05) is 29.8 Å². The predicted molar refractivity (Wildman–Crippen MR) is 132 cm³/mol. The van der Waals surface area contributed by atoms with Crippen molar-refractivity contribution < 1.29 is 18.0 Å². The Kier molecular flexibility index (Phi) is 7.87. The third kappa shape index (κ3) is 5.77. The van der Waals surface area contributed by atoms with Crippen LogP contribution < -0.4 is 5.32 Å². The Morgan fingerprint density at radius 3 is 2.18 bits per heavy atom. The monoisotopic (exact) mass is 489 g/mol. The molecule has 33 heavy (non-hydrogen) atoms. The third-order valence-corrected chi connectivity index (χ3v) is 9.06. The van der Waals surface area contributed by atoms with Crippen molar-refractivity contribution in [3.05, 3.63) is 53.1 Å². The summed E-state index contributed by atoms with van der Waals surface area (Å²) in [6.07, 6.45) is 0.891. The minimum Gasteiger partial charge on any atom is -0.339 e. The number of nitrogens with one attached hydrogen (secondary N) is 1. The maximum absolute atomic E-state index is 13.3.